The summed E-state index contributed by atoms with van der Waals surface area (Å²) in [5.74, 6) is 0. The van der Waals surface area contributed by atoms with Crippen molar-refractivity contribution in [3.05, 3.63) is 30.1 Å². The molecule has 0 spiro atoms. The van der Waals surface area contributed by atoms with Gasteiger partial charge in [0.05, 0.1) is 6.21 Å². The molecule has 0 aromatic carbocycles. The van der Waals surface area contributed by atoms with Crippen LogP contribution in [0.1, 0.15) is 51.0 Å². The van der Waals surface area contributed by atoms with Crippen LogP contribution in [0.3, 0.4) is 0 Å². The summed E-state index contributed by atoms with van der Waals surface area (Å²) in [5.41, 5.74) is 0.968. The predicted molar refractivity (Wildman–Crippen MR) is 71.2 cm³/mol. The maximum absolute atomic E-state index is 5.19. The minimum Gasteiger partial charge on any atom is -0.396 e. The Morgan fingerprint density at radius 1 is 1.24 bits per heavy atom. The Morgan fingerprint density at radius 2 is 2.06 bits per heavy atom. The summed E-state index contributed by atoms with van der Waals surface area (Å²) in [7, 11) is 0. The van der Waals surface area contributed by atoms with E-state index < -0.39 is 0 Å². The number of oxime groups is 1. The Hall–Kier alpha value is -1.38. The van der Waals surface area contributed by atoms with Crippen molar-refractivity contribution >= 4 is 6.21 Å². The summed E-state index contributed by atoms with van der Waals surface area (Å²) in [4.78, 5) is 9.18. The van der Waals surface area contributed by atoms with Gasteiger partial charge in [-0.25, -0.2) is 0 Å². The van der Waals surface area contributed by atoms with Gasteiger partial charge in [-0.2, -0.15) is 0 Å². The molecule has 0 saturated carbocycles. The van der Waals surface area contributed by atoms with Crippen molar-refractivity contribution in [3.8, 4) is 0 Å². The maximum Gasteiger partial charge on any atom is 0.117 e. The Kier molecular flexibility index (Phi) is 7.90. The van der Waals surface area contributed by atoms with Crippen LogP contribution >= 0.6 is 0 Å². The first-order valence-electron chi connectivity index (χ1n) is 6.49. The number of nitrogens with zero attached hydrogens (tertiary/aromatic N) is 2. The molecule has 0 atom stereocenters. The third kappa shape index (κ3) is 7.50. The molecule has 0 bridgehead atoms. The maximum atomic E-state index is 5.19. The zero-order valence-electron chi connectivity index (χ0n) is 10.6. The molecule has 0 amide bonds. The Balaban J connectivity index is 1.95. The molecule has 1 aromatic rings. The first-order valence-corrected chi connectivity index (χ1v) is 6.49. The highest BCUT2D eigenvalue weighted by Gasteiger charge is 1.90. The number of aromatic nitrogens is 1. The first kappa shape index (κ1) is 13.7. The average molecular weight is 234 g/mol. The zero-order chi connectivity index (χ0) is 12.2. The molecule has 17 heavy (non-hydrogen) atoms. The summed E-state index contributed by atoms with van der Waals surface area (Å²) >= 11 is 0. The van der Waals surface area contributed by atoms with E-state index in [2.05, 4.69) is 17.1 Å². The molecule has 0 aliphatic carbocycles. The Morgan fingerprint density at radius 3 is 2.82 bits per heavy atom. The van der Waals surface area contributed by atoms with E-state index in [-0.39, 0.29) is 0 Å². The molecule has 94 valence electrons. The molecule has 0 fully saturated rings. The molecule has 0 unspecified atom stereocenters. The first-order chi connectivity index (χ1) is 8.43. The van der Waals surface area contributed by atoms with E-state index >= 15 is 0 Å². The van der Waals surface area contributed by atoms with Crippen LogP contribution in [0.2, 0.25) is 0 Å². The Labute approximate surface area is 104 Å². The number of unbranched alkanes of at least 4 members (excludes halogenated alkanes) is 5. The van der Waals surface area contributed by atoms with Gasteiger partial charge in [0, 0.05) is 18.0 Å². The molecule has 3 heteroatoms. The summed E-state index contributed by atoms with van der Waals surface area (Å²) in [6.07, 6.45) is 12.8. The van der Waals surface area contributed by atoms with Gasteiger partial charge < -0.3 is 4.84 Å². The average Bonchev–Trinajstić information content (AvgIpc) is 2.38. The standard InChI is InChI=1S/C14H22N2O/c1-2-3-4-5-6-7-11-17-16-13-14-9-8-10-15-12-14/h8-10,12-13H,2-7,11H2,1H3/b16-13+. The quantitative estimate of drug-likeness (QED) is 0.370. The fraction of sp³-hybridized carbons (Fsp3) is 0.571. The highest BCUT2D eigenvalue weighted by atomic mass is 16.6. The molecular weight excluding hydrogens is 212 g/mol. The van der Waals surface area contributed by atoms with Crippen molar-refractivity contribution in [1.82, 2.24) is 4.98 Å². The highest BCUT2D eigenvalue weighted by molar-refractivity contribution is 5.78. The monoisotopic (exact) mass is 234 g/mol. The lowest BCUT2D eigenvalue weighted by Crippen LogP contribution is -1.90. The van der Waals surface area contributed by atoms with Crippen molar-refractivity contribution in [2.75, 3.05) is 6.61 Å². The third-order valence-electron chi connectivity index (χ3n) is 2.55. The SMILES string of the molecule is CCCCCCCCO/N=C/c1cccnc1. The van der Waals surface area contributed by atoms with E-state index in [1.54, 1.807) is 18.6 Å². The normalized spacial score (nSPS) is 10.9. The van der Waals surface area contributed by atoms with Crippen LogP contribution in [0.5, 0.6) is 0 Å². The molecule has 0 aliphatic heterocycles. The molecular formula is C14H22N2O. The van der Waals surface area contributed by atoms with Gasteiger partial charge in [-0.3, -0.25) is 4.98 Å². The largest absolute Gasteiger partial charge is 0.396 e. The van der Waals surface area contributed by atoms with E-state index in [0.29, 0.717) is 6.61 Å². The van der Waals surface area contributed by atoms with Crippen molar-refractivity contribution in [1.29, 1.82) is 0 Å². The minimum absolute atomic E-state index is 0.711. The van der Waals surface area contributed by atoms with Gasteiger partial charge in [-0.05, 0) is 18.9 Å². The van der Waals surface area contributed by atoms with Gasteiger partial charge in [0.15, 0.2) is 0 Å². The lowest BCUT2D eigenvalue weighted by atomic mass is 10.1. The van der Waals surface area contributed by atoms with E-state index in [4.69, 9.17) is 4.84 Å². The molecule has 3 nitrogen and oxygen atoms in total. The van der Waals surface area contributed by atoms with E-state index in [1.165, 1.54) is 32.1 Å². The summed E-state index contributed by atoms with van der Waals surface area (Å²) in [6, 6.07) is 3.83. The van der Waals surface area contributed by atoms with Crippen LogP contribution in [-0.2, 0) is 4.84 Å². The molecule has 1 heterocycles. The molecule has 1 rings (SSSR count). The summed E-state index contributed by atoms with van der Waals surface area (Å²) in [5, 5.41) is 3.91. The van der Waals surface area contributed by atoms with Crippen molar-refractivity contribution in [2.24, 2.45) is 5.16 Å². The zero-order valence-corrected chi connectivity index (χ0v) is 10.6. The number of hydrogen-bond acceptors (Lipinski definition) is 3. The number of rotatable bonds is 9. The molecule has 1 aromatic heterocycles. The van der Waals surface area contributed by atoms with Crippen molar-refractivity contribution in [2.45, 2.75) is 45.4 Å². The van der Waals surface area contributed by atoms with Gasteiger partial charge in [0.1, 0.15) is 6.61 Å². The van der Waals surface area contributed by atoms with Crippen LogP contribution in [-0.4, -0.2) is 17.8 Å². The van der Waals surface area contributed by atoms with E-state index in [9.17, 15) is 0 Å². The second-order valence-corrected chi connectivity index (χ2v) is 4.12. The van der Waals surface area contributed by atoms with Crippen LogP contribution in [0.15, 0.2) is 29.7 Å². The molecule has 0 aliphatic rings. The Bertz CT molecular complexity index is 298. The van der Waals surface area contributed by atoms with Crippen LogP contribution in [0, 0.1) is 0 Å². The van der Waals surface area contributed by atoms with Gasteiger partial charge in [-0.1, -0.05) is 43.8 Å². The second kappa shape index (κ2) is 9.82. The van der Waals surface area contributed by atoms with E-state index in [1.807, 2.05) is 12.1 Å². The van der Waals surface area contributed by atoms with Crippen molar-refractivity contribution < 1.29 is 4.84 Å². The fourth-order valence-corrected chi connectivity index (χ4v) is 1.55. The van der Waals surface area contributed by atoms with Gasteiger partial charge in [0.2, 0.25) is 0 Å². The van der Waals surface area contributed by atoms with Gasteiger partial charge in [-0.15, -0.1) is 0 Å². The van der Waals surface area contributed by atoms with Gasteiger partial charge in [0.25, 0.3) is 0 Å². The van der Waals surface area contributed by atoms with E-state index in [0.717, 1.165) is 12.0 Å². The van der Waals surface area contributed by atoms with Gasteiger partial charge >= 0.3 is 0 Å². The number of hydrogen-bond donors (Lipinski definition) is 0. The molecule has 0 saturated heterocycles. The number of pyridine rings is 1. The second-order valence-electron chi connectivity index (χ2n) is 4.12. The molecule has 0 radical (unpaired) electrons. The summed E-state index contributed by atoms with van der Waals surface area (Å²) < 4.78 is 0. The minimum atomic E-state index is 0.711. The topological polar surface area (TPSA) is 34.5 Å². The smallest absolute Gasteiger partial charge is 0.117 e. The van der Waals surface area contributed by atoms with Crippen LogP contribution in [0.4, 0.5) is 0 Å². The third-order valence-corrected chi connectivity index (χ3v) is 2.55. The predicted octanol–water partition coefficient (Wildman–Crippen LogP) is 3.79. The lowest BCUT2D eigenvalue weighted by Gasteiger charge is -1.99. The van der Waals surface area contributed by atoms with Crippen LogP contribution in [0.25, 0.3) is 0 Å². The lowest BCUT2D eigenvalue weighted by molar-refractivity contribution is 0.141. The fourth-order valence-electron chi connectivity index (χ4n) is 1.55. The van der Waals surface area contributed by atoms with Crippen LogP contribution < -0.4 is 0 Å². The van der Waals surface area contributed by atoms with Crippen molar-refractivity contribution in [3.63, 3.8) is 0 Å². The molecule has 0 N–H and O–H groups in total. The summed E-state index contributed by atoms with van der Waals surface area (Å²) in [6.45, 7) is 2.94. The highest BCUT2D eigenvalue weighted by Crippen LogP contribution is 2.04.